The summed E-state index contributed by atoms with van der Waals surface area (Å²) in [5.41, 5.74) is 0.889. The summed E-state index contributed by atoms with van der Waals surface area (Å²) in [7, 11) is 0. The molecule has 0 aromatic carbocycles. The Hall–Kier alpha value is -1.29. The van der Waals surface area contributed by atoms with Gasteiger partial charge in [0.1, 0.15) is 5.76 Å². The van der Waals surface area contributed by atoms with Crippen molar-refractivity contribution in [3.05, 3.63) is 23.2 Å². The third-order valence-corrected chi connectivity index (χ3v) is 3.49. The number of amides is 1. The maximum absolute atomic E-state index is 12.4. The average Bonchev–Trinajstić information content (AvgIpc) is 2.83. The Balaban J connectivity index is 2.15. The number of aliphatic hydroxyl groups is 1. The van der Waals surface area contributed by atoms with Crippen molar-refractivity contribution in [2.75, 3.05) is 6.54 Å². The molecule has 1 amide bonds. The molecule has 2 unspecified atom stereocenters. The van der Waals surface area contributed by atoms with Crippen molar-refractivity contribution >= 4 is 5.91 Å². The second-order valence-electron chi connectivity index (χ2n) is 5.25. The zero-order valence-electron chi connectivity index (χ0n) is 11.3. The molecule has 1 N–H and O–H groups in total. The quantitative estimate of drug-likeness (QED) is 0.896. The molecule has 1 saturated heterocycles. The number of carbonyl (C=O) groups excluding carboxylic acids is 1. The van der Waals surface area contributed by atoms with E-state index in [9.17, 15) is 9.90 Å². The van der Waals surface area contributed by atoms with Gasteiger partial charge in [-0.1, -0.05) is 0 Å². The van der Waals surface area contributed by atoms with Gasteiger partial charge in [-0.15, -0.1) is 0 Å². The van der Waals surface area contributed by atoms with Gasteiger partial charge in [0.05, 0.1) is 6.10 Å². The van der Waals surface area contributed by atoms with Crippen LogP contribution in [0.4, 0.5) is 0 Å². The lowest BCUT2D eigenvalue weighted by Crippen LogP contribution is -2.37. The third-order valence-electron chi connectivity index (χ3n) is 3.49. The molecule has 1 aliphatic rings. The highest BCUT2D eigenvalue weighted by Crippen LogP contribution is 2.25. The number of aryl methyl sites for hydroxylation is 2. The molecule has 0 saturated carbocycles. The first-order chi connectivity index (χ1) is 8.49. The molecule has 100 valence electrons. The lowest BCUT2D eigenvalue weighted by molar-refractivity contribution is 0.0648. The number of hydrogen-bond acceptors (Lipinski definition) is 3. The van der Waals surface area contributed by atoms with Crippen molar-refractivity contribution in [1.29, 1.82) is 0 Å². The molecule has 2 heterocycles. The van der Waals surface area contributed by atoms with E-state index in [1.165, 1.54) is 0 Å². The van der Waals surface area contributed by atoms with E-state index in [0.29, 0.717) is 12.2 Å². The van der Waals surface area contributed by atoms with Crippen LogP contribution in [-0.4, -0.2) is 34.6 Å². The second-order valence-corrected chi connectivity index (χ2v) is 5.25. The number of likely N-dealkylation sites (tertiary alicyclic amines) is 1. The number of aliphatic hydroxyl groups excluding tert-OH is 1. The summed E-state index contributed by atoms with van der Waals surface area (Å²) < 4.78 is 5.49. The smallest absolute Gasteiger partial charge is 0.290 e. The van der Waals surface area contributed by atoms with Gasteiger partial charge in [-0.25, -0.2) is 0 Å². The molecule has 0 spiro atoms. The molecule has 2 atom stereocenters. The van der Waals surface area contributed by atoms with Gasteiger partial charge >= 0.3 is 0 Å². The highest BCUT2D eigenvalue weighted by molar-refractivity contribution is 5.93. The van der Waals surface area contributed by atoms with Gasteiger partial charge < -0.3 is 14.4 Å². The first-order valence-electron chi connectivity index (χ1n) is 6.55. The molecule has 0 bridgehead atoms. The van der Waals surface area contributed by atoms with E-state index in [0.717, 1.165) is 30.7 Å². The van der Waals surface area contributed by atoms with Crippen molar-refractivity contribution in [1.82, 2.24) is 4.90 Å². The molecular formula is C14H21NO3. The minimum atomic E-state index is -0.372. The van der Waals surface area contributed by atoms with E-state index >= 15 is 0 Å². The molecule has 18 heavy (non-hydrogen) atoms. The lowest BCUT2D eigenvalue weighted by Gasteiger charge is -2.25. The number of rotatable bonds is 3. The summed E-state index contributed by atoms with van der Waals surface area (Å²) in [5, 5.41) is 9.48. The zero-order chi connectivity index (χ0) is 13.3. The van der Waals surface area contributed by atoms with Gasteiger partial charge in [-0.2, -0.15) is 0 Å². The van der Waals surface area contributed by atoms with Crippen molar-refractivity contribution in [3.63, 3.8) is 0 Å². The summed E-state index contributed by atoms with van der Waals surface area (Å²) in [6.45, 7) is 6.27. The van der Waals surface area contributed by atoms with Crippen LogP contribution in [0.25, 0.3) is 0 Å². The van der Waals surface area contributed by atoms with E-state index < -0.39 is 0 Å². The Morgan fingerprint density at radius 2 is 2.33 bits per heavy atom. The Morgan fingerprint density at radius 3 is 2.89 bits per heavy atom. The topological polar surface area (TPSA) is 53.7 Å². The Kier molecular flexibility index (Phi) is 3.76. The Labute approximate surface area is 108 Å². The third kappa shape index (κ3) is 2.58. The molecule has 4 heteroatoms. The fourth-order valence-corrected chi connectivity index (χ4v) is 2.73. The minimum absolute atomic E-state index is 0.0382. The molecule has 1 aliphatic heterocycles. The van der Waals surface area contributed by atoms with Crippen LogP contribution in [0.2, 0.25) is 0 Å². The Morgan fingerprint density at radius 1 is 1.61 bits per heavy atom. The highest BCUT2D eigenvalue weighted by Gasteiger charge is 2.32. The highest BCUT2D eigenvalue weighted by atomic mass is 16.4. The fraction of sp³-hybridized carbons (Fsp3) is 0.643. The molecular weight excluding hydrogens is 230 g/mol. The number of carbonyl (C=O) groups is 1. The maximum atomic E-state index is 12.4. The summed E-state index contributed by atoms with van der Waals surface area (Å²) in [6, 6.07) is 2.02. The monoisotopic (exact) mass is 251 g/mol. The van der Waals surface area contributed by atoms with Gasteiger partial charge in [-0.05, 0) is 46.1 Å². The molecule has 2 rings (SSSR count). The van der Waals surface area contributed by atoms with Crippen LogP contribution in [0.5, 0.6) is 0 Å². The Bertz CT molecular complexity index is 436. The minimum Gasteiger partial charge on any atom is -0.456 e. The van der Waals surface area contributed by atoms with Gasteiger partial charge in [0.15, 0.2) is 5.76 Å². The van der Waals surface area contributed by atoms with Crippen LogP contribution in [0.1, 0.15) is 48.1 Å². The summed E-state index contributed by atoms with van der Waals surface area (Å²) in [5.74, 6) is 1.18. The van der Waals surface area contributed by atoms with Crippen molar-refractivity contribution < 1.29 is 14.3 Å². The standard InChI is InChI=1S/C14H21NO3/c1-9-7-11(3)18-13(9)14(17)15-6-4-5-12(15)8-10(2)16/h7,10,12,16H,4-6,8H2,1-3H3. The van der Waals surface area contributed by atoms with E-state index in [-0.39, 0.29) is 18.1 Å². The molecule has 1 fully saturated rings. The molecule has 1 aromatic heterocycles. The van der Waals surface area contributed by atoms with Crippen LogP contribution in [0, 0.1) is 13.8 Å². The van der Waals surface area contributed by atoms with Crippen LogP contribution in [0.3, 0.4) is 0 Å². The summed E-state index contributed by atoms with van der Waals surface area (Å²) in [4.78, 5) is 14.3. The first-order valence-corrected chi connectivity index (χ1v) is 6.55. The number of nitrogens with zero attached hydrogens (tertiary/aromatic N) is 1. The first kappa shape index (κ1) is 13.1. The molecule has 1 aromatic rings. The maximum Gasteiger partial charge on any atom is 0.290 e. The van der Waals surface area contributed by atoms with E-state index in [2.05, 4.69) is 0 Å². The molecule has 0 aliphatic carbocycles. The number of furan rings is 1. The van der Waals surface area contributed by atoms with Crippen LogP contribution < -0.4 is 0 Å². The summed E-state index contributed by atoms with van der Waals surface area (Å²) in [6.07, 6.45) is 2.24. The van der Waals surface area contributed by atoms with Gasteiger partial charge in [-0.3, -0.25) is 4.79 Å². The number of hydrogen-bond donors (Lipinski definition) is 1. The lowest BCUT2D eigenvalue weighted by atomic mass is 10.1. The van der Waals surface area contributed by atoms with E-state index in [1.807, 2.05) is 24.8 Å². The van der Waals surface area contributed by atoms with Crippen molar-refractivity contribution in [2.24, 2.45) is 0 Å². The predicted octanol–water partition coefficient (Wildman–Crippen LogP) is 2.27. The van der Waals surface area contributed by atoms with Crippen LogP contribution >= 0.6 is 0 Å². The molecule has 0 radical (unpaired) electrons. The normalized spacial score (nSPS) is 21.3. The fourth-order valence-electron chi connectivity index (χ4n) is 2.73. The average molecular weight is 251 g/mol. The van der Waals surface area contributed by atoms with E-state index in [1.54, 1.807) is 6.92 Å². The SMILES string of the molecule is Cc1cc(C)c(C(=O)N2CCCC2CC(C)O)o1. The largest absolute Gasteiger partial charge is 0.456 e. The van der Waals surface area contributed by atoms with Crippen molar-refractivity contribution in [2.45, 2.75) is 52.2 Å². The van der Waals surface area contributed by atoms with Crippen LogP contribution in [-0.2, 0) is 0 Å². The van der Waals surface area contributed by atoms with Crippen molar-refractivity contribution in [3.8, 4) is 0 Å². The zero-order valence-corrected chi connectivity index (χ0v) is 11.3. The van der Waals surface area contributed by atoms with Gasteiger partial charge in [0, 0.05) is 18.2 Å². The van der Waals surface area contributed by atoms with E-state index in [4.69, 9.17) is 4.42 Å². The summed E-state index contributed by atoms with van der Waals surface area (Å²) >= 11 is 0. The second kappa shape index (κ2) is 5.14. The molecule has 4 nitrogen and oxygen atoms in total. The van der Waals surface area contributed by atoms with Gasteiger partial charge in [0.25, 0.3) is 5.91 Å². The van der Waals surface area contributed by atoms with Gasteiger partial charge in [0.2, 0.25) is 0 Å². The van der Waals surface area contributed by atoms with Crippen LogP contribution in [0.15, 0.2) is 10.5 Å². The predicted molar refractivity (Wildman–Crippen MR) is 68.5 cm³/mol.